The molecule has 1 N–H and O–H groups in total. The number of halogens is 3. The maximum Gasteiger partial charge on any atom is 0.0564 e. The number of nitrogens with one attached hydrogen (secondary N) is 1. The van der Waals surface area contributed by atoms with E-state index >= 15 is 0 Å². The summed E-state index contributed by atoms with van der Waals surface area (Å²) >= 11 is 12.3. The number of hydrogen-bond acceptors (Lipinski definition) is 2. The molecule has 0 saturated carbocycles. The Labute approximate surface area is 166 Å². The minimum Gasteiger partial charge on any atom is -0.380 e. The molecule has 0 radical (unpaired) electrons. The highest BCUT2D eigenvalue weighted by Crippen LogP contribution is 2.34. The topological polar surface area (TPSA) is 21.3 Å². The zero-order chi connectivity index (χ0) is 16.8. The van der Waals surface area contributed by atoms with Gasteiger partial charge in [-0.2, -0.15) is 0 Å². The van der Waals surface area contributed by atoms with Gasteiger partial charge >= 0.3 is 0 Å². The highest BCUT2D eigenvalue weighted by atomic mass is 35.5. The molecule has 0 aromatic heterocycles. The van der Waals surface area contributed by atoms with Crippen LogP contribution in [0.2, 0.25) is 10.0 Å². The SMILES string of the molecule is Cl.Clc1ccc(Cl)c(CCOCC2(c3ccccc3)CCNCC2)c1. The van der Waals surface area contributed by atoms with E-state index in [2.05, 4.69) is 35.6 Å². The molecule has 0 bridgehead atoms. The van der Waals surface area contributed by atoms with Gasteiger partial charge in [-0.15, -0.1) is 12.4 Å². The maximum absolute atomic E-state index is 6.22. The zero-order valence-corrected chi connectivity index (χ0v) is 16.5. The molecular formula is C20H24Cl3NO. The summed E-state index contributed by atoms with van der Waals surface area (Å²) in [4.78, 5) is 0. The van der Waals surface area contributed by atoms with Gasteiger partial charge in [-0.25, -0.2) is 0 Å². The summed E-state index contributed by atoms with van der Waals surface area (Å²) in [5, 5.41) is 4.92. The third-order valence-electron chi connectivity index (χ3n) is 4.85. The lowest BCUT2D eigenvalue weighted by Crippen LogP contribution is -2.43. The molecule has 1 aliphatic rings. The lowest BCUT2D eigenvalue weighted by Gasteiger charge is -2.38. The minimum atomic E-state index is 0. The van der Waals surface area contributed by atoms with Crippen molar-refractivity contribution < 1.29 is 4.74 Å². The summed E-state index contributed by atoms with van der Waals surface area (Å²) in [6, 6.07) is 16.3. The van der Waals surface area contributed by atoms with Gasteiger partial charge in [0.2, 0.25) is 0 Å². The highest BCUT2D eigenvalue weighted by Gasteiger charge is 2.33. The first-order chi connectivity index (χ1) is 11.7. The van der Waals surface area contributed by atoms with Gasteiger partial charge in [-0.3, -0.25) is 0 Å². The lowest BCUT2D eigenvalue weighted by molar-refractivity contribution is 0.0690. The van der Waals surface area contributed by atoms with Crippen LogP contribution in [0.25, 0.3) is 0 Å². The molecule has 0 aliphatic carbocycles. The summed E-state index contributed by atoms with van der Waals surface area (Å²) in [5.74, 6) is 0. The monoisotopic (exact) mass is 399 g/mol. The summed E-state index contributed by atoms with van der Waals surface area (Å²) in [7, 11) is 0. The predicted molar refractivity (Wildman–Crippen MR) is 108 cm³/mol. The molecule has 3 rings (SSSR count). The third-order valence-corrected chi connectivity index (χ3v) is 5.45. The Morgan fingerprint density at radius 3 is 2.44 bits per heavy atom. The molecular weight excluding hydrogens is 377 g/mol. The van der Waals surface area contributed by atoms with Crippen molar-refractivity contribution in [2.45, 2.75) is 24.7 Å². The van der Waals surface area contributed by atoms with Crippen LogP contribution in [0.4, 0.5) is 0 Å². The Balaban J connectivity index is 0.00000225. The summed E-state index contributed by atoms with van der Waals surface area (Å²) in [6.07, 6.45) is 2.99. The Kier molecular flexibility index (Phi) is 8.05. The molecule has 0 amide bonds. The number of piperidine rings is 1. The van der Waals surface area contributed by atoms with Crippen LogP contribution in [0, 0.1) is 0 Å². The standard InChI is InChI=1S/C20H23Cl2NO.ClH/c21-18-6-7-19(22)16(14-18)8-13-24-15-20(9-11-23-12-10-20)17-4-2-1-3-5-17;/h1-7,14,23H,8-13,15H2;1H. The number of ether oxygens (including phenoxy) is 1. The van der Waals surface area contributed by atoms with Crippen molar-refractivity contribution >= 4 is 35.6 Å². The Morgan fingerprint density at radius 1 is 1.00 bits per heavy atom. The smallest absolute Gasteiger partial charge is 0.0564 e. The minimum absolute atomic E-state index is 0. The number of hydrogen-bond donors (Lipinski definition) is 1. The van der Waals surface area contributed by atoms with E-state index in [0.717, 1.165) is 49.5 Å². The van der Waals surface area contributed by atoms with E-state index in [-0.39, 0.29) is 17.8 Å². The Bertz CT molecular complexity index is 657. The molecule has 0 unspecified atom stereocenters. The van der Waals surface area contributed by atoms with Gasteiger partial charge < -0.3 is 10.1 Å². The highest BCUT2D eigenvalue weighted by molar-refractivity contribution is 6.33. The molecule has 25 heavy (non-hydrogen) atoms. The lowest BCUT2D eigenvalue weighted by atomic mass is 9.74. The average Bonchev–Trinajstić information content (AvgIpc) is 2.63. The van der Waals surface area contributed by atoms with Gasteiger partial charge in [0.1, 0.15) is 0 Å². The Morgan fingerprint density at radius 2 is 1.72 bits per heavy atom. The summed E-state index contributed by atoms with van der Waals surface area (Å²) in [6.45, 7) is 3.48. The van der Waals surface area contributed by atoms with Crippen molar-refractivity contribution in [1.82, 2.24) is 5.32 Å². The van der Waals surface area contributed by atoms with E-state index in [4.69, 9.17) is 27.9 Å². The maximum atomic E-state index is 6.22. The molecule has 0 atom stereocenters. The summed E-state index contributed by atoms with van der Waals surface area (Å²) in [5.41, 5.74) is 2.54. The largest absolute Gasteiger partial charge is 0.380 e. The fraction of sp³-hybridized carbons (Fsp3) is 0.400. The van der Waals surface area contributed by atoms with E-state index in [1.165, 1.54) is 5.56 Å². The number of benzene rings is 2. The first kappa shape index (κ1) is 20.5. The molecule has 5 heteroatoms. The van der Waals surface area contributed by atoms with Gasteiger partial charge in [0.25, 0.3) is 0 Å². The predicted octanol–water partition coefficient (Wildman–Crippen LogP) is 5.30. The molecule has 0 spiro atoms. The van der Waals surface area contributed by atoms with Crippen molar-refractivity contribution in [3.63, 3.8) is 0 Å². The second-order valence-electron chi connectivity index (χ2n) is 6.43. The normalized spacial score (nSPS) is 16.2. The molecule has 1 heterocycles. The van der Waals surface area contributed by atoms with E-state index in [1.807, 2.05) is 18.2 Å². The summed E-state index contributed by atoms with van der Waals surface area (Å²) < 4.78 is 6.10. The fourth-order valence-corrected chi connectivity index (χ4v) is 3.80. The molecule has 2 nitrogen and oxygen atoms in total. The van der Waals surface area contributed by atoms with Crippen LogP contribution in [0.5, 0.6) is 0 Å². The van der Waals surface area contributed by atoms with Crippen molar-refractivity contribution in [3.05, 3.63) is 69.7 Å². The molecule has 1 saturated heterocycles. The average molecular weight is 401 g/mol. The van der Waals surface area contributed by atoms with Gasteiger partial charge in [0.15, 0.2) is 0 Å². The van der Waals surface area contributed by atoms with Crippen LogP contribution in [-0.2, 0) is 16.6 Å². The van der Waals surface area contributed by atoms with Crippen LogP contribution < -0.4 is 5.32 Å². The second-order valence-corrected chi connectivity index (χ2v) is 7.28. The van der Waals surface area contributed by atoms with Crippen molar-refractivity contribution in [3.8, 4) is 0 Å². The van der Waals surface area contributed by atoms with Crippen LogP contribution in [-0.4, -0.2) is 26.3 Å². The van der Waals surface area contributed by atoms with Gasteiger partial charge in [-0.05, 0) is 61.7 Å². The van der Waals surface area contributed by atoms with Gasteiger partial charge in [0.05, 0.1) is 13.2 Å². The molecule has 1 aliphatic heterocycles. The molecule has 2 aromatic rings. The van der Waals surface area contributed by atoms with Crippen LogP contribution >= 0.6 is 35.6 Å². The molecule has 1 fully saturated rings. The first-order valence-corrected chi connectivity index (χ1v) is 9.23. The zero-order valence-electron chi connectivity index (χ0n) is 14.1. The number of rotatable bonds is 6. The van der Waals surface area contributed by atoms with Gasteiger partial charge in [-0.1, -0.05) is 53.5 Å². The van der Waals surface area contributed by atoms with E-state index in [9.17, 15) is 0 Å². The quantitative estimate of drug-likeness (QED) is 0.665. The first-order valence-electron chi connectivity index (χ1n) is 8.48. The van der Waals surface area contributed by atoms with Crippen LogP contribution in [0.1, 0.15) is 24.0 Å². The van der Waals surface area contributed by atoms with Gasteiger partial charge in [0, 0.05) is 15.5 Å². The fourth-order valence-electron chi connectivity index (χ4n) is 3.40. The van der Waals surface area contributed by atoms with E-state index < -0.39 is 0 Å². The second kappa shape index (κ2) is 9.80. The van der Waals surface area contributed by atoms with Crippen molar-refractivity contribution in [2.75, 3.05) is 26.3 Å². The molecule has 136 valence electrons. The van der Waals surface area contributed by atoms with Crippen molar-refractivity contribution in [2.24, 2.45) is 0 Å². The molecule has 2 aromatic carbocycles. The van der Waals surface area contributed by atoms with E-state index in [1.54, 1.807) is 0 Å². The van der Waals surface area contributed by atoms with Crippen LogP contribution in [0.3, 0.4) is 0 Å². The Hall–Kier alpha value is -0.770. The van der Waals surface area contributed by atoms with E-state index in [0.29, 0.717) is 11.6 Å². The van der Waals surface area contributed by atoms with Crippen molar-refractivity contribution in [1.29, 1.82) is 0 Å². The third kappa shape index (κ3) is 5.35. The van der Waals surface area contributed by atoms with Crippen LogP contribution in [0.15, 0.2) is 48.5 Å².